The van der Waals surface area contributed by atoms with E-state index in [1.54, 1.807) is 24.3 Å². The molecule has 1 aromatic carbocycles. The molecular weight excluding hydrogens is 284 g/mol. The quantitative estimate of drug-likeness (QED) is 0.806. The molecule has 1 aliphatic rings. The third-order valence-corrected chi connectivity index (χ3v) is 2.82. The maximum atomic E-state index is 12.0. The number of anilines is 1. The molecule has 6 nitrogen and oxygen atoms in total. The van der Waals surface area contributed by atoms with Crippen molar-refractivity contribution in [1.29, 1.82) is 0 Å². The monoisotopic (exact) mass is 300 g/mol. The second-order valence-electron chi connectivity index (χ2n) is 4.61. The van der Waals surface area contributed by atoms with Crippen LogP contribution >= 0.6 is 0 Å². The number of hydrogen-bond donors (Lipinski definition) is 2. The van der Waals surface area contributed by atoms with Gasteiger partial charge in [-0.25, -0.2) is 0 Å². The first-order chi connectivity index (χ1) is 10.5. The van der Waals surface area contributed by atoms with Crippen LogP contribution in [0.2, 0.25) is 0 Å². The van der Waals surface area contributed by atoms with Crippen LogP contribution in [0.3, 0.4) is 0 Å². The lowest BCUT2D eigenvalue weighted by molar-refractivity contribution is -0.120. The van der Waals surface area contributed by atoms with E-state index in [4.69, 9.17) is 4.74 Å². The Morgan fingerprint density at radius 3 is 2.50 bits per heavy atom. The summed E-state index contributed by atoms with van der Waals surface area (Å²) >= 11 is 0. The Hall–Kier alpha value is -2.89. The summed E-state index contributed by atoms with van der Waals surface area (Å²) in [5.41, 5.74) is 0.758. The van der Waals surface area contributed by atoms with Crippen LogP contribution < -0.4 is 15.4 Å². The average molecular weight is 300 g/mol. The van der Waals surface area contributed by atoms with E-state index < -0.39 is 11.7 Å². The SMILES string of the molecule is CCOc1cccc(NC2=CC(=O)C(NC(C)=O)=CC2=O)c1. The molecule has 0 atom stereocenters. The summed E-state index contributed by atoms with van der Waals surface area (Å²) in [4.78, 5) is 34.8. The highest BCUT2D eigenvalue weighted by atomic mass is 16.5. The van der Waals surface area contributed by atoms with E-state index in [1.165, 1.54) is 13.0 Å². The summed E-state index contributed by atoms with van der Waals surface area (Å²) < 4.78 is 5.37. The van der Waals surface area contributed by atoms with Crippen molar-refractivity contribution in [3.05, 3.63) is 47.8 Å². The molecule has 0 fully saturated rings. The minimum Gasteiger partial charge on any atom is -0.494 e. The van der Waals surface area contributed by atoms with Crippen molar-refractivity contribution in [2.45, 2.75) is 13.8 Å². The minimum atomic E-state index is -0.432. The van der Waals surface area contributed by atoms with E-state index in [9.17, 15) is 14.4 Å². The molecule has 1 aliphatic carbocycles. The zero-order valence-corrected chi connectivity index (χ0v) is 12.3. The van der Waals surface area contributed by atoms with Gasteiger partial charge in [0.15, 0.2) is 0 Å². The van der Waals surface area contributed by atoms with Gasteiger partial charge in [-0.15, -0.1) is 0 Å². The van der Waals surface area contributed by atoms with Gasteiger partial charge in [0.25, 0.3) is 0 Å². The van der Waals surface area contributed by atoms with Crippen molar-refractivity contribution in [1.82, 2.24) is 5.32 Å². The van der Waals surface area contributed by atoms with Crippen molar-refractivity contribution >= 4 is 23.2 Å². The van der Waals surface area contributed by atoms with Crippen LogP contribution in [0, 0.1) is 0 Å². The van der Waals surface area contributed by atoms with E-state index in [0.717, 1.165) is 6.08 Å². The predicted octanol–water partition coefficient (Wildman–Crippen LogP) is 1.55. The summed E-state index contributed by atoms with van der Waals surface area (Å²) in [6.07, 6.45) is 2.28. The molecule has 1 aromatic rings. The maximum Gasteiger partial charge on any atom is 0.221 e. The first-order valence-corrected chi connectivity index (χ1v) is 6.79. The minimum absolute atomic E-state index is 0.0221. The number of allylic oxidation sites excluding steroid dienone is 2. The summed E-state index contributed by atoms with van der Waals surface area (Å²) in [5.74, 6) is -0.554. The molecule has 2 rings (SSSR count). The maximum absolute atomic E-state index is 12.0. The van der Waals surface area contributed by atoms with Crippen molar-refractivity contribution < 1.29 is 19.1 Å². The molecule has 114 valence electrons. The second kappa shape index (κ2) is 6.71. The van der Waals surface area contributed by atoms with Gasteiger partial charge in [0, 0.05) is 30.8 Å². The van der Waals surface area contributed by atoms with E-state index in [1.807, 2.05) is 6.92 Å². The van der Waals surface area contributed by atoms with Gasteiger partial charge in [0.2, 0.25) is 17.5 Å². The van der Waals surface area contributed by atoms with E-state index in [0.29, 0.717) is 18.0 Å². The molecule has 0 saturated heterocycles. The van der Waals surface area contributed by atoms with E-state index >= 15 is 0 Å². The number of nitrogens with one attached hydrogen (secondary N) is 2. The summed E-state index contributed by atoms with van der Waals surface area (Å²) in [5, 5.41) is 5.22. The molecule has 0 aliphatic heterocycles. The van der Waals surface area contributed by atoms with Gasteiger partial charge >= 0.3 is 0 Å². The van der Waals surface area contributed by atoms with Crippen LogP contribution in [-0.4, -0.2) is 24.1 Å². The van der Waals surface area contributed by atoms with Crippen LogP contribution in [0.1, 0.15) is 13.8 Å². The van der Waals surface area contributed by atoms with E-state index in [-0.39, 0.29) is 17.2 Å². The molecular formula is C16H16N2O4. The number of carbonyl (C=O) groups excluding carboxylic acids is 3. The van der Waals surface area contributed by atoms with Crippen molar-refractivity contribution in [2.75, 3.05) is 11.9 Å². The fourth-order valence-electron chi connectivity index (χ4n) is 1.93. The van der Waals surface area contributed by atoms with Gasteiger partial charge in [0.1, 0.15) is 5.75 Å². The molecule has 0 spiro atoms. The van der Waals surface area contributed by atoms with Crippen LogP contribution in [0.25, 0.3) is 0 Å². The highest BCUT2D eigenvalue weighted by Crippen LogP contribution is 2.20. The standard InChI is InChI=1S/C16H16N2O4/c1-3-22-12-6-4-5-11(7-12)18-14-9-15(20)13(8-16(14)21)17-10(2)19/h4-9,18H,3H2,1-2H3,(H,17,19). The topological polar surface area (TPSA) is 84.5 Å². The first kappa shape index (κ1) is 15.5. The van der Waals surface area contributed by atoms with Crippen LogP contribution in [-0.2, 0) is 14.4 Å². The zero-order valence-electron chi connectivity index (χ0n) is 12.3. The molecule has 0 bridgehead atoms. The molecule has 0 saturated carbocycles. The Balaban J connectivity index is 2.14. The number of hydrogen-bond acceptors (Lipinski definition) is 5. The molecule has 22 heavy (non-hydrogen) atoms. The fraction of sp³-hybridized carbons (Fsp3) is 0.188. The van der Waals surface area contributed by atoms with Gasteiger partial charge in [-0.2, -0.15) is 0 Å². The van der Waals surface area contributed by atoms with Crippen molar-refractivity contribution in [3.8, 4) is 5.75 Å². The van der Waals surface area contributed by atoms with Crippen LogP contribution in [0.5, 0.6) is 5.75 Å². The number of ketones is 2. The van der Waals surface area contributed by atoms with Gasteiger partial charge in [-0.05, 0) is 19.1 Å². The lowest BCUT2D eigenvalue weighted by Gasteiger charge is -2.14. The highest BCUT2D eigenvalue weighted by molar-refractivity contribution is 6.21. The normalized spacial score (nSPS) is 14.1. The molecule has 0 aromatic heterocycles. The average Bonchev–Trinajstić information content (AvgIpc) is 2.44. The Bertz CT molecular complexity index is 689. The lowest BCUT2D eigenvalue weighted by Crippen LogP contribution is -2.29. The third-order valence-electron chi connectivity index (χ3n) is 2.82. The third kappa shape index (κ3) is 3.82. The second-order valence-corrected chi connectivity index (χ2v) is 4.61. The number of carbonyl (C=O) groups is 3. The molecule has 2 N–H and O–H groups in total. The smallest absolute Gasteiger partial charge is 0.221 e. The number of benzene rings is 1. The molecule has 0 unspecified atom stereocenters. The van der Waals surface area contributed by atoms with Gasteiger partial charge < -0.3 is 15.4 Å². The van der Waals surface area contributed by atoms with Gasteiger partial charge in [0.05, 0.1) is 18.0 Å². The number of amides is 1. The molecule has 1 amide bonds. The zero-order chi connectivity index (χ0) is 16.1. The Labute approximate surface area is 127 Å². The Morgan fingerprint density at radius 2 is 1.82 bits per heavy atom. The Morgan fingerprint density at radius 1 is 1.14 bits per heavy atom. The Kier molecular flexibility index (Phi) is 4.73. The van der Waals surface area contributed by atoms with Gasteiger partial charge in [-0.3, -0.25) is 14.4 Å². The number of ether oxygens (including phenoxy) is 1. The highest BCUT2D eigenvalue weighted by Gasteiger charge is 2.21. The lowest BCUT2D eigenvalue weighted by atomic mass is 10.1. The fourth-order valence-corrected chi connectivity index (χ4v) is 1.93. The molecule has 6 heteroatoms. The van der Waals surface area contributed by atoms with Crippen molar-refractivity contribution in [2.24, 2.45) is 0 Å². The van der Waals surface area contributed by atoms with Crippen LogP contribution in [0.4, 0.5) is 5.69 Å². The van der Waals surface area contributed by atoms with Crippen molar-refractivity contribution in [3.63, 3.8) is 0 Å². The summed E-state index contributed by atoms with van der Waals surface area (Å²) in [7, 11) is 0. The van der Waals surface area contributed by atoms with E-state index in [2.05, 4.69) is 10.6 Å². The predicted molar refractivity (Wildman–Crippen MR) is 81.2 cm³/mol. The first-order valence-electron chi connectivity index (χ1n) is 6.79. The van der Waals surface area contributed by atoms with Crippen LogP contribution in [0.15, 0.2) is 47.8 Å². The molecule has 0 radical (unpaired) electrons. The molecule has 0 heterocycles. The largest absolute Gasteiger partial charge is 0.494 e. The van der Waals surface area contributed by atoms with Gasteiger partial charge in [-0.1, -0.05) is 6.07 Å². The summed E-state index contributed by atoms with van der Waals surface area (Å²) in [6.45, 7) is 3.68. The number of rotatable bonds is 5. The summed E-state index contributed by atoms with van der Waals surface area (Å²) in [6, 6.07) is 7.07.